The predicted octanol–water partition coefficient (Wildman–Crippen LogP) is 1.07. The van der Waals surface area contributed by atoms with Gasteiger partial charge in [0.2, 0.25) is 0 Å². The van der Waals surface area contributed by atoms with Crippen LogP contribution in [-0.4, -0.2) is 23.8 Å². The zero-order valence-electron chi connectivity index (χ0n) is 7.19. The third-order valence-corrected chi connectivity index (χ3v) is 2.37. The highest BCUT2D eigenvalue weighted by atomic mass is 16.3. The number of nitrogens with one attached hydrogen (secondary N) is 1. The second-order valence-electron chi connectivity index (χ2n) is 3.40. The molecule has 11 heavy (non-hydrogen) atoms. The van der Waals surface area contributed by atoms with Gasteiger partial charge < -0.3 is 10.4 Å². The summed E-state index contributed by atoms with van der Waals surface area (Å²) in [7, 11) is 0. The normalized spacial score (nSPS) is 19.8. The van der Waals surface area contributed by atoms with Gasteiger partial charge >= 0.3 is 0 Å². The number of aliphatic hydroxyl groups excluding tert-OH is 1. The van der Waals surface area contributed by atoms with Gasteiger partial charge in [-0.2, -0.15) is 0 Å². The summed E-state index contributed by atoms with van der Waals surface area (Å²) in [5, 5.41) is 12.3. The fourth-order valence-corrected chi connectivity index (χ4v) is 0.979. The van der Waals surface area contributed by atoms with Gasteiger partial charge in [-0.1, -0.05) is 19.1 Å². The quantitative estimate of drug-likeness (QED) is 0.582. The molecule has 0 saturated heterocycles. The second-order valence-corrected chi connectivity index (χ2v) is 3.40. The number of rotatable bonds is 5. The third-order valence-electron chi connectivity index (χ3n) is 2.37. The van der Waals surface area contributed by atoms with Crippen molar-refractivity contribution in [1.82, 2.24) is 5.32 Å². The fourth-order valence-electron chi connectivity index (χ4n) is 0.979. The number of hydrogen-bond donors (Lipinski definition) is 2. The molecule has 1 fully saturated rings. The molecule has 1 aliphatic carbocycles. The number of hydrogen-bond acceptors (Lipinski definition) is 2. The Hall–Kier alpha value is -0.340. The largest absolute Gasteiger partial charge is 0.394 e. The first-order valence-corrected chi connectivity index (χ1v) is 4.25. The maximum atomic E-state index is 8.95. The van der Waals surface area contributed by atoms with Crippen LogP contribution in [-0.2, 0) is 0 Å². The van der Waals surface area contributed by atoms with E-state index in [1.807, 2.05) is 0 Å². The van der Waals surface area contributed by atoms with Gasteiger partial charge in [-0.25, -0.2) is 0 Å². The summed E-state index contributed by atoms with van der Waals surface area (Å²) in [5.41, 5.74) is 1.28. The Morgan fingerprint density at radius 3 is 2.64 bits per heavy atom. The van der Waals surface area contributed by atoms with Gasteiger partial charge in [-0.3, -0.25) is 0 Å². The molecule has 0 aromatic carbocycles. The van der Waals surface area contributed by atoms with Crippen LogP contribution < -0.4 is 5.32 Å². The lowest BCUT2D eigenvalue weighted by molar-refractivity contribution is 0.233. The van der Waals surface area contributed by atoms with Crippen LogP contribution in [0.3, 0.4) is 0 Å². The van der Waals surface area contributed by atoms with Crippen LogP contribution in [0.2, 0.25) is 0 Å². The third kappa shape index (κ3) is 2.31. The zero-order valence-corrected chi connectivity index (χ0v) is 7.19. The van der Waals surface area contributed by atoms with E-state index in [2.05, 4.69) is 18.8 Å². The summed E-state index contributed by atoms with van der Waals surface area (Å²) in [4.78, 5) is 0. The van der Waals surface area contributed by atoms with Crippen molar-refractivity contribution in [1.29, 1.82) is 0 Å². The van der Waals surface area contributed by atoms with E-state index in [4.69, 9.17) is 5.11 Å². The first kappa shape index (κ1) is 8.75. The Morgan fingerprint density at radius 1 is 1.64 bits per heavy atom. The van der Waals surface area contributed by atoms with Crippen LogP contribution in [0.25, 0.3) is 0 Å². The molecule has 0 radical (unpaired) electrons. The summed E-state index contributed by atoms with van der Waals surface area (Å²) in [5.74, 6) is 0. The Bertz CT molecular complexity index is 150. The standard InChI is InChI=1S/C9H17NO/c1-3-8(2)6-10-9(7-11)4-5-9/h10-11H,2-7H2,1H3. The van der Waals surface area contributed by atoms with Crippen LogP contribution in [0, 0.1) is 0 Å². The average Bonchev–Trinajstić information content (AvgIpc) is 2.81. The van der Waals surface area contributed by atoms with E-state index >= 15 is 0 Å². The Kier molecular flexibility index (Phi) is 2.68. The van der Waals surface area contributed by atoms with Crippen molar-refractivity contribution in [2.45, 2.75) is 31.7 Å². The molecule has 1 rings (SSSR count). The summed E-state index contributed by atoms with van der Waals surface area (Å²) in [6, 6.07) is 0. The molecule has 0 spiro atoms. The van der Waals surface area contributed by atoms with E-state index in [0.29, 0.717) is 0 Å². The minimum atomic E-state index is 0.0676. The first-order valence-electron chi connectivity index (χ1n) is 4.25. The van der Waals surface area contributed by atoms with E-state index in [1.54, 1.807) is 0 Å². The number of aliphatic hydroxyl groups is 1. The van der Waals surface area contributed by atoms with Gasteiger partial charge in [0.15, 0.2) is 0 Å². The molecule has 0 amide bonds. The molecule has 0 aromatic rings. The first-order chi connectivity index (χ1) is 5.22. The lowest BCUT2D eigenvalue weighted by atomic mass is 10.2. The van der Waals surface area contributed by atoms with Gasteiger partial charge in [-0.15, -0.1) is 0 Å². The molecule has 0 atom stereocenters. The van der Waals surface area contributed by atoms with E-state index in [9.17, 15) is 0 Å². The van der Waals surface area contributed by atoms with Gasteiger partial charge in [0.25, 0.3) is 0 Å². The maximum Gasteiger partial charge on any atom is 0.0613 e. The molecule has 0 bridgehead atoms. The molecule has 64 valence electrons. The topological polar surface area (TPSA) is 32.3 Å². The predicted molar refractivity (Wildman–Crippen MR) is 46.5 cm³/mol. The zero-order chi connectivity index (χ0) is 8.32. The molecule has 2 N–H and O–H groups in total. The van der Waals surface area contributed by atoms with Crippen molar-refractivity contribution >= 4 is 0 Å². The fraction of sp³-hybridized carbons (Fsp3) is 0.778. The SMILES string of the molecule is C=C(CC)CNC1(CO)CC1. The minimum absolute atomic E-state index is 0.0676. The van der Waals surface area contributed by atoms with E-state index in [1.165, 1.54) is 5.57 Å². The molecule has 0 aliphatic heterocycles. The van der Waals surface area contributed by atoms with Crippen LogP contribution in [0.5, 0.6) is 0 Å². The van der Waals surface area contributed by atoms with Crippen molar-refractivity contribution in [3.63, 3.8) is 0 Å². The highest BCUT2D eigenvalue weighted by Gasteiger charge is 2.41. The molecule has 0 heterocycles. The molecular formula is C9H17NO. The molecular weight excluding hydrogens is 138 g/mol. The van der Waals surface area contributed by atoms with Gasteiger partial charge in [0.1, 0.15) is 0 Å². The van der Waals surface area contributed by atoms with Crippen LogP contribution in [0.15, 0.2) is 12.2 Å². The lowest BCUT2D eigenvalue weighted by Crippen LogP contribution is -2.35. The Morgan fingerprint density at radius 2 is 2.27 bits per heavy atom. The van der Waals surface area contributed by atoms with Crippen LogP contribution >= 0.6 is 0 Å². The molecule has 2 nitrogen and oxygen atoms in total. The maximum absolute atomic E-state index is 8.95. The highest BCUT2D eigenvalue weighted by molar-refractivity contribution is 5.06. The van der Waals surface area contributed by atoms with Crippen molar-refractivity contribution in [2.24, 2.45) is 0 Å². The van der Waals surface area contributed by atoms with E-state index in [-0.39, 0.29) is 12.1 Å². The van der Waals surface area contributed by atoms with Crippen molar-refractivity contribution in [3.05, 3.63) is 12.2 Å². The van der Waals surface area contributed by atoms with Crippen molar-refractivity contribution < 1.29 is 5.11 Å². The van der Waals surface area contributed by atoms with Crippen molar-refractivity contribution in [3.8, 4) is 0 Å². The summed E-state index contributed by atoms with van der Waals surface area (Å²) < 4.78 is 0. The Labute approximate surface area is 68.3 Å². The van der Waals surface area contributed by atoms with Crippen molar-refractivity contribution in [2.75, 3.05) is 13.2 Å². The van der Waals surface area contributed by atoms with Crippen LogP contribution in [0.4, 0.5) is 0 Å². The molecule has 1 saturated carbocycles. The monoisotopic (exact) mass is 155 g/mol. The van der Waals surface area contributed by atoms with Gasteiger partial charge in [-0.05, 0) is 19.3 Å². The van der Waals surface area contributed by atoms with Gasteiger partial charge in [0.05, 0.1) is 6.61 Å². The van der Waals surface area contributed by atoms with E-state index in [0.717, 1.165) is 25.8 Å². The average molecular weight is 155 g/mol. The second kappa shape index (κ2) is 3.37. The summed E-state index contributed by atoms with van der Waals surface area (Å²) in [6.45, 7) is 7.12. The summed E-state index contributed by atoms with van der Waals surface area (Å²) in [6.07, 6.45) is 3.25. The highest BCUT2D eigenvalue weighted by Crippen LogP contribution is 2.34. The Balaban J connectivity index is 2.16. The molecule has 0 aromatic heterocycles. The van der Waals surface area contributed by atoms with E-state index < -0.39 is 0 Å². The molecule has 2 heteroatoms. The molecule has 0 unspecified atom stereocenters. The molecule has 1 aliphatic rings. The van der Waals surface area contributed by atoms with Crippen LogP contribution in [0.1, 0.15) is 26.2 Å². The summed E-state index contributed by atoms with van der Waals surface area (Å²) >= 11 is 0. The minimum Gasteiger partial charge on any atom is -0.394 e. The smallest absolute Gasteiger partial charge is 0.0613 e. The lowest BCUT2D eigenvalue weighted by Gasteiger charge is -2.14. The van der Waals surface area contributed by atoms with Gasteiger partial charge in [0, 0.05) is 12.1 Å².